The van der Waals surface area contributed by atoms with Gasteiger partial charge in [-0.25, -0.2) is 0 Å². The summed E-state index contributed by atoms with van der Waals surface area (Å²) in [6.07, 6.45) is 1.61. The number of methoxy groups -OCH3 is 1. The van der Waals surface area contributed by atoms with Gasteiger partial charge in [0, 0.05) is 0 Å². The number of thiocarbonyl (C=S) groups is 1. The molecule has 1 aromatic carbocycles. The molecule has 1 heterocycles. The zero-order valence-corrected chi connectivity index (χ0v) is 10.8. The van der Waals surface area contributed by atoms with Crippen molar-refractivity contribution in [1.29, 1.82) is 0 Å². The molecule has 88 valence electrons. The fourth-order valence-electron chi connectivity index (χ4n) is 1.27. The van der Waals surface area contributed by atoms with Crippen molar-refractivity contribution in [1.82, 2.24) is 5.01 Å². The summed E-state index contributed by atoms with van der Waals surface area (Å²) in [6.45, 7) is 0. The van der Waals surface area contributed by atoms with Gasteiger partial charge in [0.2, 0.25) is 0 Å². The van der Waals surface area contributed by atoms with Crippen molar-refractivity contribution in [3.63, 3.8) is 0 Å². The topological polar surface area (TPSA) is 41.9 Å². The minimum absolute atomic E-state index is 0.0789. The van der Waals surface area contributed by atoms with Crippen molar-refractivity contribution in [3.05, 3.63) is 29.8 Å². The molecule has 0 atom stereocenters. The van der Waals surface area contributed by atoms with Gasteiger partial charge in [-0.15, -0.1) is 0 Å². The van der Waals surface area contributed by atoms with Gasteiger partial charge in [0.15, 0.2) is 4.32 Å². The highest BCUT2D eigenvalue weighted by atomic mass is 32.2. The van der Waals surface area contributed by atoms with Gasteiger partial charge in [0.05, 0.1) is 19.1 Å². The third kappa shape index (κ3) is 2.83. The molecule has 0 bridgehead atoms. The number of rotatable bonds is 3. The van der Waals surface area contributed by atoms with E-state index in [0.29, 0.717) is 10.1 Å². The maximum absolute atomic E-state index is 11.4. The number of hydrazone groups is 1. The van der Waals surface area contributed by atoms with E-state index in [9.17, 15) is 4.79 Å². The first-order chi connectivity index (χ1) is 8.20. The molecule has 1 aromatic rings. The van der Waals surface area contributed by atoms with Crippen molar-refractivity contribution in [2.24, 2.45) is 5.10 Å². The Kier molecular flexibility index (Phi) is 3.75. The van der Waals surface area contributed by atoms with Gasteiger partial charge in [0.1, 0.15) is 5.75 Å². The predicted octanol–water partition coefficient (Wildman–Crippen LogP) is 1.89. The number of ether oxygens (including phenoxy) is 1. The van der Waals surface area contributed by atoms with E-state index in [4.69, 9.17) is 17.0 Å². The molecular formula is C11H10N2O2S2. The standard InChI is InChI=1S/C11H10N2O2S2/c1-15-9-4-2-8(3-5-9)6-12-13-10(14)7-17-11(13)16/h2-6H,7H2,1H3. The number of amides is 1. The van der Waals surface area contributed by atoms with E-state index in [1.165, 1.54) is 16.8 Å². The smallest absolute Gasteiger partial charge is 0.259 e. The van der Waals surface area contributed by atoms with Crippen LogP contribution in [0.3, 0.4) is 0 Å². The Morgan fingerprint density at radius 3 is 2.71 bits per heavy atom. The number of carbonyl (C=O) groups excluding carboxylic acids is 1. The maximum atomic E-state index is 11.4. The van der Waals surface area contributed by atoms with Crippen LogP contribution in [0.4, 0.5) is 0 Å². The summed E-state index contributed by atoms with van der Waals surface area (Å²) in [5, 5.41) is 5.32. The molecule has 6 heteroatoms. The lowest BCUT2D eigenvalue weighted by Crippen LogP contribution is -2.22. The molecule has 0 unspecified atom stereocenters. The van der Waals surface area contributed by atoms with Crippen molar-refractivity contribution < 1.29 is 9.53 Å². The van der Waals surface area contributed by atoms with E-state index in [0.717, 1.165) is 11.3 Å². The van der Waals surface area contributed by atoms with Gasteiger partial charge in [-0.3, -0.25) is 4.79 Å². The quantitative estimate of drug-likeness (QED) is 0.619. The molecule has 2 rings (SSSR count). The highest BCUT2D eigenvalue weighted by Crippen LogP contribution is 2.19. The van der Waals surface area contributed by atoms with Gasteiger partial charge in [-0.1, -0.05) is 24.0 Å². The minimum atomic E-state index is -0.0789. The van der Waals surface area contributed by atoms with Gasteiger partial charge < -0.3 is 4.74 Å². The van der Waals surface area contributed by atoms with Crippen LogP contribution in [-0.2, 0) is 4.79 Å². The minimum Gasteiger partial charge on any atom is -0.497 e. The van der Waals surface area contributed by atoms with Gasteiger partial charge in [-0.2, -0.15) is 10.1 Å². The van der Waals surface area contributed by atoms with Crippen LogP contribution in [0.2, 0.25) is 0 Å². The van der Waals surface area contributed by atoms with Crippen LogP contribution in [0.1, 0.15) is 5.56 Å². The number of nitrogens with zero attached hydrogens (tertiary/aromatic N) is 2. The molecule has 4 nitrogen and oxygen atoms in total. The first-order valence-corrected chi connectivity index (χ1v) is 6.28. The molecular weight excluding hydrogens is 256 g/mol. The second-order valence-corrected chi connectivity index (χ2v) is 4.89. The normalized spacial score (nSPS) is 15.9. The number of thioether (sulfide) groups is 1. The lowest BCUT2D eigenvalue weighted by Gasteiger charge is -2.06. The Morgan fingerprint density at radius 1 is 1.47 bits per heavy atom. The van der Waals surface area contributed by atoms with Crippen molar-refractivity contribution in [2.45, 2.75) is 0 Å². The Balaban J connectivity index is 2.09. The van der Waals surface area contributed by atoms with Crippen LogP contribution >= 0.6 is 24.0 Å². The summed E-state index contributed by atoms with van der Waals surface area (Å²) in [5.74, 6) is 1.08. The molecule has 0 N–H and O–H groups in total. The molecule has 0 spiro atoms. The van der Waals surface area contributed by atoms with Crippen LogP contribution in [0.15, 0.2) is 29.4 Å². The molecule has 0 aliphatic carbocycles. The summed E-state index contributed by atoms with van der Waals surface area (Å²) in [4.78, 5) is 11.4. The van der Waals surface area contributed by atoms with Crippen LogP contribution in [-0.4, -0.2) is 34.3 Å². The van der Waals surface area contributed by atoms with Crippen LogP contribution in [0.5, 0.6) is 5.75 Å². The van der Waals surface area contributed by atoms with E-state index >= 15 is 0 Å². The fourth-order valence-corrected chi connectivity index (χ4v) is 2.24. The van der Waals surface area contributed by atoms with E-state index in [2.05, 4.69) is 5.10 Å². The third-order valence-corrected chi connectivity index (χ3v) is 3.50. The molecule has 0 radical (unpaired) electrons. The van der Waals surface area contributed by atoms with Gasteiger partial charge in [0.25, 0.3) is 5.91 Å². The Bertz CT molecular complexity index is 455. The predicted molar refractivity (Wildman–Crippen MR) is 72.5 cm³/mol. The van der Waals surface area contributed by atoms with Crippen LogP contribution in [0.25, 0.3) is 0 Å². The summed E-state index contributed by atoms with van der Waals surface area (Å²) in [6, 6.07) is 7.39. The lowest BCUT2D eigenvalue weighted by molar-refractivity contribution is -0.123. The van der Waals surface area contributed by atoms with E-state index in [1.807, 2.05) is 24.3 Å². The van der Waals surface area contributed by atoms with Crippen LogP contribution in [0, 0.1) is 0 Å². The second kappa shape index (κ2) is 5.29. The number of hydrogen-bond acceptors (Lipinski definition) is 5. The third-order valence-electron chi connectivity index (χ3n) is 2.17. The number of hydrogen-bond donors (Lipinski definition) is 0. The largest absolute Gasteiger partial charge is 0.497 e. The lowest BCUT2D eigenvalue weighted by atomic mass is 10.2. The number of carbonyl (C=O) groups is 1. The van der Waals surface area contributed by atoms with E-state index in [1.54, 1.807) is 13.3 Å². The van der Waals surface area contributed by atoms with Crippen molar-refractivity contribution in [2.75, 3.05) is 12.9 Å². The second-order valence-electron chi connectivity index (χ2n) is 3.28. The molecule has 1 amide bonds. The molecule has 1 aliphatic rings. The monoisotopic (exact) mass is 266 g/mol. The zero-order chi connectivity index (χ0) is 12.3. The molecule has 0 saturated carbocycles. The van der Waals surface area contributed by atoms with Crippen molar-refractivity contribution in [3.8, 4) is 5.75 Å². The molecule has 1 saturated heterocycles. The van der Waals surface area contributed by atoms with E-state index < -0.39 is 0 Å². The average molecular weight is 266 g/mol. The summed E-state index contributed by atoms with van der Waals surface area (Å²) in [7, 11) is 1.61. The zero-order valence-electron chi connectivity index (χ0n) is 9.12. The van der Waals surface area contributed by atoms with Crippen LogP contribution < -0.4 is 4.74 Å². The van der Waals surface area contributed by atoms with Gasteiger partial charge in [-0.05, 0) is 29.8 Å². The average Bonchev–Trinajstić information content (AvgIpc) is 2.67. The summed E-state index contributed by atoms with van der Waals surface area (Å²) < 4.78 is 5.55. The van der Waals surface area contributed by atoms with Crippen molar-refractivity contribution >= 4 is 40.4 Å². The first-order valence-electron chi connectivity index (χ1n) is 4.88. The highest BCUT2D eigenvalue weighted by molar-refractivity contribution is 8.23. The Morgan fingerprint density at radius 2 is 2.18 bits per heavy atom. The molecule has 0 aromatic heterocycles. The Hall–Kier alpha value is -1.40. The Labute approximate surface area is 109 Å². The molecule has 1 aliphatic heterocycles. The molecule has 1 fully saturated rings. The summed E-state index contributed by atoms with van der Waals surface area (Å²) >= 11 is 6.34. The number of benzene rings is 1. The highest BCUT2D eigenvalue weighted by Gasteiger charge is 2.25. The summed E-state index contributed by atoms with van der Waals surface area (Å²) in [5.41, 5.74) is 0.887. The maximum Gasteiger partial charge on any atom is 0.259 e. The van der Waals surface area contributed by atoms with E-state index in [-0.39, 0.29) is 5.91 Å². The SMILES string of the molecule is COc1ccc(C=NN2C(=O)CSC2=S)cc1. The first kappa shape index (κ1) is 12.1. The van der Waals surface area contributed by atoms with Gasteiger partial charge >= 0.3 is 0 Å². The fraction of sp³-hybridized carbons (Fsp3) is 0.182. The molecule has 17 heavy (non-hydrogen) atoms.